The molecule has 124 valence electrons. The van der Waals surface area contributed by atoms with Gasteiger partial charge in [-0.3, -0.25) is 9.55 Å². The topological polar surface area (TPSA) is 50.1 Å². The summed E-state index contributed by atoms with van der Waals surface area (Å²) in [5.74, 6) is 0.247. The van der Waals surface area contributed by atoms with Crippen molar-refractivity contribution in [2.75, 3.05) is 5.32 Å². The predicted molar refractivity (Wildman–Crippen MR) is 101 cm³/mol. The summed E-state index contributed by atoms with van der Waals surface area (Å²) in [4.78, 5) is 4.04. The molecule has 4 aromatic rings. The maximum atomic E-state index is 10.8. The zero-order chi connectivity index (χ0) is 17.2. The number of aromatic hydroxyl groups is 1. The second-order valence-corrected chi connectivity index (χ2v) is 6.14. The quantitative estimate of drug-likeness (QED) is 0.573. The highest BCUT2D eigenvalue weighted by atomic mass is 16.3. The predicted octanol–water partition coefficient (Wildman–Crippen LogP) is 4.65. The molecule has 0 radical (unpaired) electrons. The molecule has 0 aliphatic carbocycles. The molecule has 25 heavy (non-hydrogen) atoms. The Bertz CT molecular complexity index is 1000. The van der Waals surface area contributed by atoms with Gasteiger partial charge >= 0.3 is 0 Å². The highest BCUT2D eigenvalue weighted by Gasteiger charge is 2.13. The Morgan fingerprint density at radius 1 is 1.00 bits per heavy atom. The minimum absolute atomic E-state index is 0.247. The van der Waals surface area contributed by atoms with Crippen LogP contribution >= 0.6 is 0 Å². The lowest BCUT2D eigenvalue weighted by molar-refractivity contribution is 0.448. The summed E-state index contributed by atoms with van der Waals surface area (Å²) in [5, 5.41) is 16.0. The number of hydrogen-bond donors (Lipinski definition) is 2. The van der Waals surface area contributed by atoms with Crippen molar-refractivity contribution < 1.29 is 5.11 Å². The maximum absolute atomic E-state index is 10.8. The third-order valence-corrected chi connectivity index (χ3v) is 4.36. The van der Waals surface area contributed by atoms with Gasteiger partial charge in [-0.2, -0.15) is 0 Å². The van der Waals surface area contributed by atoms with E-state index in [-0.39, 0.29) is 5.88 Å². The van der Waals surface area contributed by atoms with Crippen LogP contribution in [0.1, 0.15) is 11.1 Å². The van der Waals surface area contributed by atoms with Gasteiger partial charge in [-0.25, -0.2) is 0 Å². The van der Waals surface area contributed by atoms with Crippen molar-refractivity contribution in [3.05, 3.63) is 84.3 Å². The molecule has 0 bridgehead atoms. The number of fused-ring (bicyclic) bond motifs is 1. The van der Waals surface area contributed by atoms with E-state index >= 15 is 0 Å². The molecule has 2 N–H and O–H groups in total. The van der Waals surface area contributed by atoms with Gasteiger partial charge in [0.25, 0.3) is 0 Å². The second-order valence-electron chi connectivity index (χ2n) is 6.14. The summed E-state index contributed by atoms with van der Waals surface area (Å²) in [6.45, 7) is 2.73. The SMILES string of the molecule is Cc1ccc(-n2cc3cccc(NCc4ccncc4)c3c2O)cc1. The molecule has 4 rings (SSSR count). The Labute approximate surface area is 146 Å². The number of nitrogens with one attached hydrogen (secondary N) is 1. The lowest BCUT2D eigenvalue weighted by atomic mass is 10.1. The Morgan fingerprint density at radius 2 is 1.76 bits per heavy atom. The first kappa shape index (κ1) is 15.3. The molecule has 0 saturated carbocycles. The van der Waals surface area contributed by atoms with Crippen molar-refractivity contribution in [1.29, 1.82) is 0 Å². The van der Waals surface area contributed by atoms with Gasteiger partial charge in [0.05, 0.1) is 5.39 Å². The number of nitrogens with zero attached hydrogens (tertiary/aromatic N) is 2. The van der Waals surface area contributed by atoms with E-state index in [0.29, 0.717) is 6.54 Å². The minimum Gasteiger partial charge on any atom is -0.494 e. The van der Waals surface area contributed by atoms with Crippen LogP contribution in [0, 0.1) is 6.92 Å². The zero-order valence-electron chi connectivity index (χ0n) is 14.0. The van der Waals surface area contributed by atoms with Gasteiger partial charge in [-0.1, -0.05) is 29.8 Å². The zero-order valence-corrected chi connectivity index (χ0v) is 14.0. The molecule has 4 nitrogen and oxygen atoms in total. The summed E-state index contributed by atoms with van der Waals surface area (Å²) in [5.41, 5.74) is 4.20. The van der Waals surface area contributed by atoms with E-state index in [9.17, 15) is 5.11 Å². The van der Waals surface area contributed by atoms with Gasteiger partial charge in [0.15, 0.2) is 0 Å². The fraction of sp³-hybridized carbons (Fsp3) is 0.0952. The molecule has 4 heteroatoms. The van der Waals surface area contributed by atoms with Crippen molar-refractivity contribution in [2.45, 2.75) is 13.5 Å². The lowest BCUT2D eigenvalue weighted by Gasteiger charge is -2.09. The molecule has 2 heterocycles. The molecule has 0 aliphatic rings. The minimum atomic E-state index is 0.247. The van der Waals surface area contributed by atoms with E-state index < -0.39 is 0 Å². The molecular weight excluding hydrogens is 310 g/mol. The van der Waals surface area contributed by atoms with Crippen LogP contribution in [0.25, 0.3) is 16.5 Å². The Morgan fingerprint density at radius 3 is 2.52 bits per heavy atom. The van der Waals surface area contributed by atoms with Gasteiger partial charge in [0, 0.05) is 41.9 Å². The first-order chi connectivity index (χ1) is 12.2. The Kier molecular flexibility index (Phi) is 3.86. The molecule has 0 saturated heterocycles. The van der Waals surface area contributed by atoms with Gasteiger partial charge in [-0.15, -0.1) is 0 Å². The fourth-order valence-electron chi connectivity index (χ4n) is 3.00. The van der Waals surface area contributed by atoms with Gasteiger partial charge in [-0.05, 0) is 42.8 Å². The van der Waals surface area contributed by atoms with E-state index in [1.54, 1.807) is 12.4 Å². The smallest absolute Gasteiger partial charge is 0.205 e. The van der Waals surface area contributed by atoms with Crippen LogP contribution in [-0.4, -0.2) is 14.7 Å². The molecule has 0 unspecified atom stereocenters. The molecule has 0 spiro atoms. The van der Waals surface area contributed by atoms with E-state index in [0.717, 1.165) is 27.7 Å². The highest BCUT2D eigenvalue weighted by molar-refractivity contribution is 5.99. The summed E-state index contributed by atoms with van der Waals surface area (Å²) in [6.07, 6.45) is 5.53. The lowest BCUT2D eigenvalue weighted by Crippen LogP contribution is -1.99. The molecular formula is C21H19N3O. The van der Waals surface area contributed by atoms with E-state index in [1.807, 2.05) is 65.4 Å². The van der Waals surface area contributed by atoms with Crippen LogP contribution in [-0.2, 0) is 6.54 Å². The van der Waals surface area contributed by atoms with Crippen molar-refractivity contribution in [2.24, 2.45) is 0 Å². The summed E-state index contributed by atoms with van der Waals surface area (Å²) in [6, 6.07) is 18.1. The molecule has 0 aliphatic heterocycles. The van der Waals surface area contributed by atoms with Crippen molar-refractivity contribution in [1.82, 2.24) is 9.55 Å². The van der Waals surface area contributed by atoms with Crippen LogP contribution in [0.3, 0.4) is 0 Å². The number of rotatable bonds is 4. The van der Waals surface area contributed by atoms with Gasteiger partial charge in [0.2, 0.25) is 5.88 Å². The highest BCUT2D eigenvalue weighted by Crippen LogP contribution is 2.35. The third kappa shape index (κ3) is 2.94. The number of pyridine rings is 1. The first-order valence-electron chi connectivity index (χ1n) is 8.25. The number of hydrogen-bond acceptors (Lipinski definition) is 3. The number of aromatic nitrogens is 2. The van der Waals surface area contributed by atoms with Crippen LogP contribution in [0.5, 0.6) is 5.88 Å². The number of benzene rings is 2. The summed E-state index contributed by atoms with van der Waals surface area (Å²) in [7, 11) is 0. The van der Waals surface area contributed by atoms with Crippen LogP contribution in [0.2, 0.25) is 0 Å². The molecule has 0 fully saturated rings. The second kappa shape index (κ2) is 6.32. The van der Waals surface area contributed by atoms with Gasteiger partial charge in [0.1, 0.15) is 0 Å². The first-order valence-corrected chi connectivity index (χ1v) is 8.25. The molecule has 2 aromatic heterocycles. The van der Waals surface area contributed by atoms with E-state index in [4.69, 9.17) is 0 Å². The molecule has 0 atom stereocenters. The van der Waals surface area contributed by atoms with Crippen molar-refractivity contribution in [3.63, 3.8) is 0 Å². The average Bonchev–Trinajstić information content (AvgIpc) is 2.99. The van der Waals surface area contributed by atoms with Crippen molar-refractivity contribution in [3.8, 4) is 11.6 Å². The van der Waals surface area contributed by atoms with E-state index in [2.05, 4.69) is 17.2 Å². The summed E-state index contributed by atoms with van der Waals surface area (Å²) >= 11 is 0. The largest absolute Gasteiger partial charge is 0.494 e. The van der Waals surface area contributed by atoms with Crippen molar-refractivity contribution >= 4 is 16.5 Å². The fourth-order valence-corrected chi connectivity index (χ4v) is 3.00. The average molecular weight is 329 g/mol. The van der Waals surface area contributed by atoms with Crippen LogP contribution in [0.15, 0.2) is 73.2 Å². The molecule has 0 amide bonds. The third-order valence-electron chi connectivity index (χ3n) is 4.36. The van der Waals surface area contributed by atoms with Gasteiger partial charge < -0.3 is 10.4 Å². The van der Waals surface area contributed by atoms with Crippen LogP contribution < -0.4 is 5.32 Å². The molecule has 2 aromatic carbocycles. The van der Waals surface area contributed by atoms with E-state index in [1.165, 1.54) is 5.56 Å². The normalized spacial score (nSPS) is 10.9. The standard InChI is InChI=1S/C21H19N3O/c1-15-5-7-18(8-6-15)24-14-17-3-2-4-19(20(17)21(24)25)23-13-16-9-11-22-12-10-16/h2-12,14,23,25H,13H2,1H3. The monoisotopic (exact) mass is 329 g/mol. The number of aryl methyl sites for hydroxylation is 1. The number of anilines is 1. The Balaban J connectivity index is 1.72. The maximum Gasteiger partial charge on any atom is 0.205 e. The Hall–Kier alpha value is -3.27. The summed E-state index contributed by atoms with van der Waals surface area (Å²) < 4.78 is 1.82. The van der Waals surface area contributed by atoms with Crippen LogP contribution in [0.4, 0.5) is 5.69 Å².